The van der Waals surface area contributed by atoms with E-state index in [1.165, 1.54) is 24.0 Å². The molecule has 3 rings (SSSR count). The van der Waals surface area contributed by atoms with E-state index in [-0.39, 0.29) is 0 Å². The maximum atomic E-state index is 9.20. The quantitative estimate of drug-likeness (QED) is 0.894. The second-order valence-corrected chi connectivity index (χ2v) is 5.01. The Morgan fingerprint density at radius 2 is 2.11 bits per heavy atom. The predicted molar refractivity (Wildman–Crippen MR) is 74.4 cm³/mol. The lowest BCUT2D eigenvalue weighted by molar-refractivity contribution is 0.765. The van der Waals surface area contributed by atoms with E-state index in [2.05, 4.69) is 34.7 Å². The van der Waals surface area contributed by atoms with Crippen molar-refractivity contribution in [1.29, 1.82) is 5.26 Å². The van der Waals surface area contributed by atoms with Gasteiger partial charge in [0.1, 0.15) is 17.5 Å². The number of hydrogen-bond donors (Lipinski definition) is 1. The fourth-order valence-electron chi connectivity index (χ4n) is 2.72. The first kappa shape index (κ1) is 11.8. The molecule has 0 unspecified atom stereocenters. The van der Waals surface area contributed by atoms with E-state index in [1.807, 2.05) is 14.0 Å². The number of benzene rings is 1. The number of nitrogens with one attached hydrogen (secondary N) is 1. The molecule has 1 aliphatic rings. The van der Waals surface area contributed by atoms with Crippen LogP contribution in [0.15, 0.2) is 18.2 Å². The van der Waals surface area contributed by atoms with Crippen molar-refractivity contribution >= 4 is 11.5 Å². The van der Waals surface area contributed by atoms with Gasteiger partial charge in [-0.05, 0) is 49.4 Å². The number of hydrogen-bond acceptors (Lipinski definition) is 3. The van der Waals surface area contributed by atoms with Crippen molar-refractivity contribution in [3.05, 3.63) is 40.6 Å². The lowest BCUT2D eigenvalue weighted by atomic mass is 10.1. The molecule has 2 aromatic rings. The summed E-state index contributed by atoms with van der Waals surface area (Å²) in [5.74, 6) is 0.762. The van der Waals surface area contributed by atoms with Crippen LogP contribution in [0.3, 0.4) is 0 Å². The third kappa shape index (κ3) is 1.97. The Hall–Kier alpha value is -2.28. The highest BCUT2D eigenvalue weighted by molar-refractivity contribution is 5.65. The van der Waals surface area contributed by atoms with E-state index < -0.39 is 0 Å². The standard InChI is InChI=1S/C15H16N4/c1-10-14(9-16)15(19(2)18-10)17-13-7-6-11-4-3-5-12(11)8-13/h6-8,17H,3-5H2,1-2H3. The van der Waals surface area contributed by atoms with Crippen LogP contribution in [0.2, 0.25) is 0 Å². The number of nitriles is 1. The highest BCUT2D eigenvalue weighted by Crippen LogP contribution is 2.28. The Balaban J connectivity index is 1.96. The van der Waals surface area contributed by atoms with Crippen molar-refractivity contribution in [2.75, 3.05) is 5.32 Å². The molecule has 0 fully saturated rings. The number of anilines is 2. The van der Waals surface area contributed by atoms with Crippen LogP contribution in [0.4, 0.5) is 11.5 Å². The number of nitrogens with zero attached hydrogens (tertiary/aromatic N) is 3. The van der Waals surface area contributed by atoms with Gasteiger partial charge >= 0.3 is 0 Å². The van der Waals surface area contributed by atoms with Gasteiger partial charge in [0, 0.05) is 12.7 Å². The molecular formula is C15H16N4. The van der Waals surface area contributed by atoms with E-state index in [4.69, 9.17) is 0 Å². The average molecular weight is 252 g/mol. The molecule has 1 heterocycles. The van der Waals surface area contributed by atoms with Gasteiger partial charge in [-0.25, -0.2) is 0 Å². The molecule has 96 valence electrons. The van der Waals surface area contributed by atoms with Crippen LogP contribution >= 0.6 is 0 Å². The Bertz CT molecular complexity index is 676. The molecule has 0 amide bonds. The topological polar surface area (TPSA) is 53.6 Å². The van der Waals surface area contributed by atoms with Crippen molar-refractivity contribution < 1.29 is 0 Å². The predicted octanol–water partition coefficient (Wildman–Crippen LogP) is 2.83. The van der Waals surface area contributed by atoms with Gasteiger partial charge in [-0.2, -0.15) is 10.4 Å². The number of rotatable bonds is 2. The van der Waals surface area contributed by atoms with Gasteiger partial charge in [-0.15, -0.1) is 0 Å². The Labute approximate surface area is 112 Å². The van der Waals surface area contributed by atoms with Crippen molar-refractivity contribution in [2.45, 2.75) is 26.2 Å². The van der Waals surface area contributed by atoms with E-state index in [1.54, 1.807) is 4.68 Å². The minimum atomic E-state index is 0.614. The monoisotopic (exact) mass is 252 g/mol. The highest BCUT2D eigenvalue weighted by atomic mass is 15.3. The lowest BCUT2D eigenvalue weighted by Gasteiger charge is -2.09. The summed E-state index contributed by atoms with van der Waals surface area (Å²) in [6.45, 7) is 1.85. The van der Waals surface area contributed by atoms with Crippen LogP contribution < -0.4 is 5.32 Å². The number of aromatic nitrogens is 2. The summed E-state index contributed by atoms with van der Waals surface area (Å²) in [4.78, 5) is 0. The normalized spacial score (nSPS) is 13.1. The second-order valence-electron chi connectivity index (χ2n) is 5.01. The third-order valence-corrected chi connectivity index (χ3v) is 3.70. The second kappa shape index (κ2) is 4.43. The number of fused-ring (bicyclic) bond motifs is 1. The molecule has 1 aromatic heterocycles. The Kier molecular flexibility index (Phi) is 2.75. The van der Waals surface area contributed by atoms with Crippen LogP contribution in [0.5, 0.6) is 0 Å². The summed E-state index contributed by atoms with van der Waals surface area (Å²) in [5.41, 5.74) is 5.27. The van der Waals surface area contributed by atoms with Crippen molar-refractivity contribution in [3.8, 4) is 6.07 Å². The van der Waals surface area contributed by atoms with Gasteiger partial charge in [-0.3, -0.25) is 4.68 Å². The summed E-state index contributed by atoms with van der Waals surface area (Å²) in [6.07, 6.45) is 3.58. The van der Waals surface area contributed by atoms with E-state index >= 15 is 0 Å². The summed E-state index contributed by atoms with van der Waals surface area (Å²) in [7, 11) is 1.85. The first-order chi connectivity index (χ1) is 9.19. The van der Waals surface area contributed by atoms with Gasteiger partial charge in [0.05, 0.1) is 5.69 Å². The summed E-state index contributed by atoms with van der Waals surface area (Å²) < 4.78 is 1.72. The lowest BCUT2D eigenvalue weighted by Crippen LogP contribution is -2.01. The minimum Gasteiger partial charge on any atom is -0.339 e. The molecule has 1 aliphatic carbocycles. The average Bonchev–Trinajstić information content (AvgIpc) is 2.94. The minimum absolute atomic E-state index is 0.614. The first-order valence-corrected chi connectivity index (χ1v) is 6.51. The van der Waals surface area contributed by atoms with E-state index in [0.29, 0.717) is 5.56 Å². The molecule has 1 N–H and O–H groups in total. The van der Waals surface area contributed by atoms with E-state index in [9.17, 15) is 5.26 Å². The van der Waals surface area contributed by atoms with Crippen LogP contribution in [0.1, 0.15) is 28.8 Å². The fourth-order valence-corrected chi connectivity index (χ4v) is 2.72. The maximum Gasteiger partial charge on any atom is 0.146 e. The van der Waals surface area contributed by atoms with Gasteiger partial charge < -0.3 is 5.32 Å². The van der Waals surface area contributed by atoms with Crippen LogP contribution in [-0.4, -0.2) is 9.78 Å². The van der Waals surface area contributed by atoms with Gasteiger partial charge in [-0.1, -0.05) is 6.07 Å². The van der Waals surface area contributed by atoms with Gasteiger partial charge in [0.25, 0.3) is 0 Å². The molecule has 0 radical (unpaired) electrons. The summed E-state index contributed by atoms with van der Waals surface area (Å²) >= 11 is 0. The van der Waals surface area contributed by atoms with Gasteiger partial charge in [0.15, 0.2) is 0 Å². The molecule has 0 saturated heterocycles. The molecular weight excluding hydrogens is 236 g/mol. The van der Waals surface area contributed by atoms with Crippen LogP contribution in [0, 0.1) is 18.3 Å². The zero-order valence-corrected chi connectivity index (χ0v) is 11.2. The molecule has 4 heteroatoms. The first-order valence-electron chi connectivity index (χ1n) is 6.51. The number of aryl methyl sites for hydroxylation is 4. The molecule has 4 nitrogen and oxygen atoms in total. The SMILES string of the molecule is Cc1nn(C)c(Nc2ccc3c(c2)CCC3)c1C#N. The van der Waals surface area contributed by atoms with E-state index in [0.717, 1.165) is 23.6 Å². The molecule has 0 spiro atoms. The molecule has 0 atom stereocenters. The molecule has 0 saturated carbocycles. The largest absolute Gasteiger partial charge is 0.339 e. The molecule has 0 aliphatic heterocycles. The molecule has 19 heavy (non-hydrogen) atoms. The van der Waals surface area contributed by atoms with Crippen molar-refractivity contribution in [3.63, 3.8) is 0 Å². The zero-order valence-electron chi connectivity index (χ0n) is 11.2. The van der Waals surface area contributed by atoms with Crippen LogP contribution in [-0.2, 0) is 19.9 Å². The van der Waals surface area contributed by atoms with Crippen molar-refractivity contribution in [1.82, 2.24) is 9.78 Å². The summed E-state index contributed by atoms with van der Waals surface area (Å²) in [5, 5.41) is 16.8. The Morgan fingerprint density at radius 1 is 1.32 bits per heavy atom. The van der Waals surface area contributed by atoms with Crippen LogP contribution in [0.25, 0.3) is 0 Å². The smallest absolute Gasteiger partial charge is 0.146 e. The fraction of sp³-hybridized carbons (Fsp3) is 0.333. The summed E-state index contributed by atoms with van der Waals surface area (Å²) in [6, 6.07) is 8.66. The third-order valence-electron chi connectivity index (χ3n) is 3.70. The maximum absolute atomic E-state index is 9.20. The zero-order chi connectivity index (χ0) is 13.4. The van der Waals surface area contributed by atoms with Crippen molar-refractivity contribution in [2.24, 2.45) is 7.05 Å². The molecule has 1 aromatic carbocycles. The molecule has 0 bridgehead atoms. The Morgan fingerprint density at radius 3 is 2.89 bits per heavy atom. The van der Waals surface area contributed by atoms with Gasteiger partial charge in [0.2, 0.25) is 0 Å². The highest BCUT2D eigenvalue weighted by Gasteiger charge is 2.15.